The van der Waals surface area contributed by atoms with Crippen LogP contribution in [0.25, 0.3) is 0 Å². The van der Waals surface area contributed by atoms with Crippen molar-refractivity contribution in [3.63, 3.8) is 0 Å². The number of fused-ring (bicyclic) bond motifs is 1. The highest BCUT2D eigenvalue weighted by Crippen LogP contribution is 2.30. The number of nitrogens with zero attached hydrogens (tertiary/aromatic N) is 2. The molecule has 0 unspecified atom stereocenters. The van der Waals surface area contributed by atoms with Gasteiger partial charge in [-0.15, -0.1) is 13.2 Å². The van der Waals surface area contributed by atoms with E-state index in [2.05, 4.69) is 31.1 Å². The van der Waals surface area contributed by atoms with Gasteiger partial charge in [-0.05, 0) is 91.5 Å². The lowest BCUT2D eigenvalue weighted by molar-refractivity contribution is -0.274. The predicted molar refractivity (Wildman–Crippen MR) is 141 cm³/mol. The van der Waals surface area contributed by atoms with Crippen LogP contribution in [-0.2, 0) is 6.42 Å². The maximum absolute atomic E-state index is 12.4. The number of thiocarbonyl (C=S) groups is 1. The Hall–Kier alpha value is -3.92. The van der Waals surface area contributed by atoms with Gasteiger partial charge in [-0.1, -0.05) is 30.3 Å². The highest BCUT2D eigenvalue weighted by Gasteiger charge is 2.31. The number of rotatable bonds is 6. The molecule has 1 aliphatic rings. The van der Waals surface area contributed by atoms with Gasteiger partial charge in [-0.2, -0.15) is 10.2 Å². The summed E-state index contributed by atoms with van der Waals surface area (Å²) in [6.07, 6.45) is -1.82. The van der Waals surface area contributed by atoms with E-state index >= 15 is 0 Å². The first-order valence-electron chi connectivity index (χ1n) is 11.2. The third kappa shape index (κ3) is 6.60. The van der Waals surface area contributed by atoms with Gasteiger partial charge in [0.25, 0.3) is 0 Å². The Labute approximate surface area is 212 Å². The number of hydrazone groups is 2. The van der Waals surface area contributed by atoms with Crippen LogP contribution in [0, 0.1) is 13.8 Å². The van der Waals surface area contributed by atoms with Gasteiger partial charge < -0.3 is 10.1 Å². The number of hydrogen-bond donors (Lipinski definition) is 3. The van der Waals surface area contributed by atoms with Crippen LogP contribution in [0.15, 0.2) is 70.9 Å². The van der Waals surface area contributed by atoms with E-state index in [9.17, 15) is 13.2 Å². The second-order valence-corrected chi connectivity index (χ2v) is 8.66. The lowest BCUT2D eigenvalue weighted by Crippen LogP contribution is -2.24. The van der Waals surface area contributed by atoms with Gasteiger partial charge in [0.2, 0.25) is 0 Å². The molecule has 0 heterocycles. The van der Waals surface area contributed by atoms with E-state index in [0.29, 0.717) is 18.0 Å². The van der Waals surface area contributed by atoms with Crippen LogP contribution in [0.5, 0.6) is 5.75 Å². The fourth-order valence-corrected chi connectivity index (χ4v) is 4.01. The average molecular weight is 512 g/mol. The van der Waals surface area contributed by atoms with Crippen LogP contribution < -0.4 is 20.9 Å². The van der Waals surface area contributed by atoms with Crippen molar-refractivity contribution in [3.8, 4) is 5.75 Å². The molecule has 6 nitrogen and oxygen atoms in total. The fraction of sp³-hybridized carbons (Fsp3) is 0.192. The highest BCUT2D eigenvalue weighted by atomic mass is 32.1. The first-order valence-corrected chi connectivity index (χ1v) is 11.6. The number of ether oxygens (including phenoxy) is 1. The minimum atomic E-state index is -4.71. The van der Waals surface area contributed by atoms with Gasteiger partial charge >= 0.3 is 6.36 Å². The lowest BCUT2D eigenvalue weighted by atomic mass is 10.1. The maximum Gasteiger partial charge on any atom is 0.573 e. The van der Waals surface area contributed by atoms with E-state index in [0.717, 1.165) is 44.9 Å². The van der Waals surface area contributed by atoms with Crippen molar-refractivity contribution in [2.24, 2.45) is 10.2 Å². The van der Waals surface area contributed by atoms with E-state index in [4.69, 9.17) is 12.2 Å². The molecule has 0 amide bonds. The average Bonchev–Trinajstić information content (AvgIpc) is 3.22. The SMILES string of the molecule is Cc1cccc(C)c1NC(=S)NN=Cc1ccc(NN=C2CCc3cc(OC(F)(F)F)ccc32)cc1. The Bertz CT molecular complexity index is 1300. The number of anilines is 2. The Morgan fingerprint density at radius 1 is 1.00 bits per heavy atom. The summed E-state index contributed by atoms with van der Waals surface area (Å²) in [6.45, 7) is 4.02. The van der Waals surface area contributed by atoms with Crippen molar-refractivity contribution < 1.29 is 17.9 Å². The molecule has 0 aliphatic heterocycles. The number of aryl methyl sites for hydroxylation is 3. The molecule has 0 spiro atoms. The summed E-state index contributed by atoms with van der Waals surface area (Å²) in [5, 5.41) is 12.2. The topological polar surface area (TPSA) is 70.0 Å². The fourth-order valence-electron chi connectivity index (χ4n) is 3.85. The highest BCUT2D eigenvalue weighted by molar-refractivity contribution is 7.80. The zero-order chi connectivity index (χ0) is 25.7. The van der Waals surface area contributed by atoms with E-state index < -0.39 is 6.36 Å². The van der Waals surface area contributed by atoms with Gasteiger partial charge in [-0.3, -0.25) is 10.9 Å². The predicted octanol–water partition coefficient (Wildman–Crippen LogP) is 6.28. The van der Waals surface area contributed by atoms with Crippen LogP contribution in [-0.4, -0.2) is 23.4 Å². The minimum Gasteiger partial charge on any atom is -0.406 e. The van der Waals surface area contributed by atoms with Crippen LogP contribution in [0.2, 0.25) is 0 Å². The monoisotopic (exact) mass is 511 g/mol. The largest absolute Gasteiger partial charge is 0.573 e. The normalized spacial score (nSPS) is 14.1. The molecule has 10 heteroatoms. The quantitative estimate of drug-likeness (QED) is 0.206. The molecule has 4 rings (SSSR count). The van der Waals surface area contributed by atoms with E-state index in [1.165, 1.54) is 12.1 Å². The number of nitrogens with one attached hydrogen (secondary N) is 3. The summed E-state index contributed by atoms with van der Waals surface area (Å²) in [5.41, 5.74) is 13.0. The smallest absolute Gasteiger partial charge is 0.406 e. The van der Waals surface area contributed by atoms with Crippen molar-refractivity contribution in [1.29, 1.82) is 0 Å². The molecule has 0 fully saturated rings. The first kappa shape index (κ1) is 25.2. The first-order chi connectivity index (χ1) is 17.2. The number of alkyl halides is 3. The molecular weight excluding hydrogens is 487 g/mol. The molecule has 1 aliphatic carbocycles. The third-order valence-electron chi connectivity index (χ3n) is 5.58. The van der Waals surface area contributed by atoms with Crippen LogP contribution >= 0.6 is 12.2 Å². The van der Waals surface area contributed by atoms with Crippen molar-refractivity contribution in [2.45, 2.75) is 33.1 Å². The number of benzene rings is 3. The Morgan fingerprint density at radius 3 is 2.42 bits per heavy atom. The molecule has 186 valence electrons. The second-order valence-electron chi connectivity index (χ2n) is 8.25. The van der Waals surface area contributed by atoms with Crippen molar-refractivity contribution in [3.05, 3.63) is 88.5 Å². The van der Waals surface area contributed by atoms with Gasteiger partial charge in [0.15, 0.2) is 5.11 Å². The molecule has 36 heavy (non-hydrogen) atoms. The Balaban J connectivity index is 1.31. The number of para-hydroxylation sites is 1. The molecule has 0 radical (unpaired) electrons. The molecule has 3 aromatic carbocycles. The molecule has 0 saturated heterocycles. The summed E-state index contributed by atoms with van der Waals surface area (Å²) in [6, 6.07) is 17.8. The summed E-state index contributed by atoms with van der Waals surface area (Å²) >= 11 is 5.32. The van der Waals surface area contributed by atoms with Crippen molar-refractivity contribution >= 4 is 40.6 Å². The zero-order valence-corrected chi connectivity index (χ0v) is 20.4. The van der Waals surface area contributed by atoms with Gasteiger partial charge in [0.1, 0.15) is 5.75 Å². The summed E-state index contributed by atoms with van der Waals surface area (Å²) in [7, 11) is 0. The third-order valence-corrected chi connectivity index (χ3v) is 5.78. The zero-order valence-electron chi connectivity index (χ0n) is 19.6. The van der Waals surface area contributed by atoms with Crippen LogP contribution in [0.3, 0.4) is 0 Å². The van der Waals surface area contributed by atoms with Gasteiger partial charge in [0, 0.05) is 11.3 Å². The molecule has 0 atom stereocenters. The lowest BCUT2D eigenvalue weighted by Gasteiger charge is -2.12. The van der Waals surface area contributed by atoms with E-state index in [1.807, 2.05) is 56.3 Å². The molecule has 3 N–H and O–H groups in total. The summed E-state index contributed by atoms with van der Waals surface area (Å²) in [4.78, 5) is 0. The number of hydrogen-bond acceptors (Lipinski definition) is 5. The molecule has 0 saturated carbocycles. The van der Waals surface area contributed by atoms with Crippen molar-refractivity contribution in [2.75, 3.05) is 10.7 Å². The van der Waals surface area contributed by atoms with E-state index in [1.54, 1.807) is 12.3 Å². The van der Waals surface area contributed by atoms with Crippen LogP contribution in [0.4, 0.5) is 24.5 Å². The molecule has 0 aromatic heterocycles. The maximum atomic E-state index is 12.4. The molecule has 0 bridgehead atoms. The van der Waals surface area contributed by atoms with Crippen molar-refractivity contribution in [1.82, 2.24) is 5.43 Å². The summed E-state index contributed by atoms with van der Waals surface area (Å²) in [5.74, 6) is -0.218. The Morgan fingerprint density at radius 2 is 1.72 bits per heavy atom. The minimum absolute atomic E-state index is 0.218. The number of halogens is 3. The Kier molecular flexibility index (Phi) is 7.54. The standard InChI is InChI=1S/C26H24F3N5OS/c1-16-4-3-5-17(2)24(16)31-25(36)34-30-15-18-6-9-20(10-7-18)32-33-23-13-8-19-14-21(11-12-22(19)23)35-26(27,28)29/h3-7,9-12,14-15,32H,8,13H2,1-2H3,(H2,31,34,36). The van der Waals surface area contributed by atoms with Gasteiger partial charge in [-0.25, -0.2) is 0 Å². The van der Waals surface area contributed by atoms with Gasteiger partial charge in [0.05, 0.1) is 17.6 Å². The molecular formula is C26H24F3N5OS. The molecule has 3 aromatic rings. The summed E-state index contributed by atoms with van der Waals surface area (Å²) < 4.78 is 41.3. The van der Waals surface area contributed by atoms with Crippen LogP contribution in [0.1, 0.15) is 34.2 Å². The second kappa shape index (κ2) is 10.8. The van der Waals surface area contributed by atoms with E-state index in [-0.39, 0.29) is 5.75 Å².